The van der Waals surface area contributed by atoms with Gasteiger partial charge in [-0.05, 0) is 42.0 Å². The Morgan fingerprint density at radius 2 is 2.22 bits per heavy atom. The maximum absolute atomic E-state index is 5.88. The van der Waals surface area contributed by atoms with E-state index in [4.69, 9.17) is 28.2 Å². The number of hydrogen-bond acceptors (Lipinski definition) is 3. The molecule has 0 amide bonds. The van der Waals surface area contributed by atoms with Gasteiger partial charge in [-0.25, -0.2) is 0 Å². The van der Waals surface area contributed by atoms with Crippen molar-refractivity contribution >= 4 is 34.6 Å². The van der Waals surface area contributed by atoms with Crippen molar-refractivity contribution in [3.05, 3.63) is 71.4 Å². The van der Waals surface area contributed by atoms with Crippen LogP contribution in [0, 0.1) is 0 Å². The number of furan rings is 1. The van der Waals surface area contributed by atoms with Crippen molar-refractivity contribution < 1.29 is 4.42 Å². The summed E-state index contributed by atoms with van der Waals surface area (Å²) in [5.41, 5.74) is 2.02. The highest BCUT2D eigenvalue weighted by Crippen LogP contribution is 2.13. The first kappa shape index (κ1) is 15.6. The molecule has 1 aromatic carbocycles. The number of benzene rings is 1. The predicted molar refractivity (Wildman–Crippen MR) is 94.5 cm³/mol. The fraction of sp³-hybridized carbons (Fsp3) is 0.125. The molecule has 0 fully saturated rings. The fourth-order valence-electron chi connectivity index (χ4n) is 2.12. The van der Waals surface area contributed by atoms with Crippen molar-refractivity contribution in [3.8, 4) is 0 Å². The Labute approximate surface area is 144 Å². The molecule has 0 aliphatic carbocycles. The molecule has 2 aromatic heterocycles. The van der Waals surface area contributed by atoms with Gasteiger partial charge in [0.2, 0.25) is 0 Å². The third-order valence-electron chi connectivity index (χ3n) is 3.13. The molecule has 0 bridgehead atoms. The molecular weight excluding hydrogens is 332 g/mol. The van der Waals surface area contributed by atoms with Gasteiger partial charge in [-0.3, -0.25) is 4.68 Å². The second-order valence-corrected chi connectivity index (χ2v) is 5.79. The van der Waals surface area contributed by atoms with Crippen molar-refractivity contribution in [2.45, 2.75) is 13.1 Å². The van der Waals surface area contributed by atoms with Gasteiger partial charge in [0, 0.05) is 11.9 Å². The monoisotopic (exact) mass is 346 g/mol. The lowest BCUT2D eigenvalue weighted by Gasteiger charge is -2.11. The minimum absolute atomic E-state index is 0.542. The summed E-state index contributed by atoms with van der Waals surface area (Å²) < 4.78 is 7.04. The van der Waals surface area contributed by atoms with E-state index in [1.165, 1.54) is 0 Å². The van der Waals surface area contributed by atoms with E-state index in [1.807, 2.05) is 36.4 Å². The number of rotatable bonds is 5. The minimum Gasteiger partial charge on any atom is -0.467 e. The van der Waals surface area contributed by atoms with Crippen molar-refractivity contribution in [3.63, 3.8) is 0 Å². The predicted octanol–water partition coefficient (Wildman–Crippen LogP) is 3.66. The van der Waals surface area contributed by atoms with E-state index in [2.05, 4.69) is 15.7 Å². The highest BCUT2D eigenvalue weighted by atomic mass is 35.5. The van der Waals surface area contributed by atoms with E-state index < -0.39 is 0 Å². The van der Waals surface area contributed by atoms with Gasteiger partial charge in [0.25, 0.3) is 0 Å². The second kappa shape index (κ2) is 7.30. The lowest BCUT2D eigenvalue weighted by molar-refractivity contribution is 0.503. The zero-order chi connectivity index (χ0) is 16.1. The first-order valence-electron chi connectivity index (χ1n) is 7.03. The maximum Gasteiger partial charge on any atom is 0.171 e. The topological polar surface area (TPSA) is 55.0 Å². The van der Waals surface area contributed by atoms with Gasteiger partial charge in [-0.15, -0.1) is 0 Å². The molecule has 0 saturated carbocycles. The van der Waals surface area contributed by atoms with Crippen LogP contribution in [0.5, 0.6) is 0 Å². The molecule has 23 heavy (non-hydrogen) atoms. The molecule has 7 heteroatoms. The number of hydrogen-bond donors (Lipinski definition) is 2. The summed E-state index contributed by atoms with van der Waals surface area (Å²) in [6.45, 7) is 1.19. The average Bonchev–Trinajstić information content (AvgIpc) is 3.17. The molecule has 3 rings (SSSR count). The highest BCUT2D eigenvalue weighted by Gasteiger charge is 2.02. The fourth-order valence-corrected chi connectivity index (χ4v) is 2.46. The first-order chi connectivity index (χ1) is 11.2. The van der Waals surface area contributed by atoms with Gasteiger partial charge < -0.3 is 15.1 Å². The molecule has 0 radical (unpaired) electrons. The Bertz CT molecular complexity index is 785. The quantitative estimate of drug-likeness (QED) is 0.690. The maximum atomic E-state index is 5.88. The average molecular weight is 347 g/mol. The zero-order valence-electron chi connectivity index (χ0n) is 12.2. The number of nitrogens with one attached hydrogen (secondary N) is 2. The standard InChI is InChI=1S/C16H15ClN4OS/c17-13-8-19-21(11-13)10-12-3-1-4-14(7-12)20-16(23)18-9-15-5-2-6-22-15/h1-8,11H,9-10H2,(H2,18,20,23). The van der Waals surface area contributed by atoms with E-state index in [0.29, 0.717) is 23.2 Å². The zero-order valence-corrected chi connectivity index (χ0v) is 13.8. The summed E-state index contributed by atoms with van der Waals surface area (Å²) in [7, 11) is 0. The Morgan fingerprint density at radius 3 is 2.96 bits per heavy atom. The van der Waals surface area contributed by atoms with Crippen LogP contribution >= 0.6 is 23.8 Å². The second-order valence-electron chi connectivity index (χ2n) is 4.94. The molecule has 118 valence electrons. The normalized spacial score (nSPS) is 10.5. The van der Waals surface area contributed by atoms with Crippen LogP contribution in [0.15, 0.2) is 59.5 Å². The summed E-state index contributed by atoms with van der Waals surface area (Å²) in [5, 5.41) is 11.6. The summed E-state index contributed by atoms with van der Waals surface area (Å²) in [6.07, 6.45) is 5.05. The van der Waals surface area contributed by atoms with Gasteiger partial charge >= 0.3 is 0 Å². The van der Waals surface area contributed by atoms with Crippen molar-refractivity contribution in [2.24, 2.45) is 0 Å². The SMILES string of the molecule is S=C(NCc1ccco1)Nc1cccc(Cn2cc(Cl)cn2)c1. The first-order valence-corrected chi connectivity index (χ1v) is 7.82. The van der Waals surface area contributed by atoms with Crippen molar-refractivity contribution in [1.82, 2.24) is 15.1 Å². The molecule has 3 aromatic rings. The molecule has 0 saturated heterocycles. The van der Waals surface area contributed by atoms with Crippen LogP contribution in [-0.4, -0.2) is 14.9 Å². The molecule has 5 nitrogen and oxygen atoms in total. The van der Waals surface area contributed by atoms with Gasteiger partial charge in [0.15, 0.2) is 5.11 Å². The van der Waals surface area contributed by atoms with Gasteiger partial charge in [-0.2, -0.15) is 5.10 Å². The molecule has 0 atom stereocenters. The number of anilines is 1. The van der Waals surface area contributed by atoms with Crippen molar-refractivity contribution in [2.75, 3.05) is 5.32 Å². The Hall–Kier alpha value is -2.31. The lowest BCUT2D eigenvalue weighted by atomic mass is 10.2. The summed E-state index contributed by atoms with van der Waals surface area (Å²) in [5.74, 6) is 0.832. The van der Waals surface area contributed by atoms with Crippen LogP contribution in [0.4, 0.5) is 5.69 Å². The number of halogens is 1. The summed E-state index contributed by atoms with van der Waals surface area (Å²) >= 11 is 11.2. The molecule has 0 spiro atoms. The smallest absolute Gasteiger partial charge is 0.171 e. The van der Waals surface area contributed by atoms with E-state index in [1.54, 1.807) is 23.3 Å². The Balaban J connectivity index is 1.57. The van der Waals surface area contributed by atoms with E-state index in [9.17, 15) is 0 Å². The number of aromatic nitrogens is 2. The van der Waals surface area contributed by atoms with Gasteiger partial charge in [0.1, 0.15) is 5.76 Å². The summed E-state index contributed by atoms with van der Waals surface area (Å²) in [4.78, 5) is 0. The van der Waals surface area contributed by atoms with E-state index in [-0.39, 0.29) is 0 Å². The molecule has 0 unspecified atom stereocenters. The van der Waals surface area contributed by atoms with E-state index >= 15 is 0 Å². The summed E-state index contributed by atoms with van der Waals surface area (Å²) in [6, 6.07) is 11.7. The van der Waals surface area contributed by atoms with Gasteiger partial charge in [-0.1, -0.05) is 23.7 Å². The van der Waals surface area contributed by atoms with Crippen LogP contribution in [0.2, 0.25) is 5.02 Å². The van der Waals surface area contributed by atoms with Crippen LogP contribution < -0.4 is 10.6 Å². The molecule has 0 aliphatic heterocycles. The minimum atomic E-state index is 0.542. The third-order valence-corrected chi connectivity index (χ3v) is 3.58. The Morgan fingerprint density at radius 1 is 1.30 bits per heavy atom. The van der Waals surface area contributed by atoms with Crippen LogP contribution in [0.25, 0.3) is 0 Å². The molecule has 0 aliphatic rings. The van der Waals surface area contributed by atoms with E-state index in [0.717, 1.165) is 17.0 Å². The molecular formula is C16H15ClN4OS. The number of nitrogens with zero attached hydrogens (tertiary/aromatic N) is 2. The molecule has 2 heterocycles. The lowest BCUT2D eigenvalue weighted by Crippen LogP contribution is -2.27. The van der Waals surface area contributed by atoms with Crippen molar-refractivity contribution in [1.29, 1.82) is 0 Å². The van der Waals surface area contributed by atoms with Gasteiger partial charge in [0.05, 0.1) is 30.6 Å². The largest absolute Gasteiger partial charge is 0.467 e. The van der Waals surface area contributed by atoms with Crippen LogP contribution in [0.3, 0.4) is 0 Å². The highest BCUT2D eigenvalue weighted by molar-refractivity contribution is 7.80. The molecule has 2 N–H and O–H groups in total. The number of thiocarbonyl (C=S) groups is 1. The Kier molecular flexibility index (Phi) is 4.95. The van der Waals surface area contributed by atoms with Crippen LogP contribution in [0.1, 0.15) is 11.3 Å². The van der Waals surface area contributed by atoms with Crippen LogP contribution in [-0.2, 0) is 13.1 Å². The third kappa shape index (κ3) is 4.58.